The molecule has 1 fully saturated rings. The molecular formula is C13H19NOS. The second-order valence-corrected chi connectivity index (χ2v) is 5.62. The fourth-order valence-electron chi connectivity index (χ4n) is 2.04. The van der Waals surface area contributed by atoms with E-state index in [-0.39, 0.29) is 0 Å². The van der Waals surface area contributed by atoms with E-state index in [2.05, 4.69) is 31.2 Å². The highest BCUT2D eigenvalue weighted by Crippen LogP contribution is 2.37. The summed E-state index contributed by atoms with van der Waals surface area (Å²) in [6.07, 6.45) is 1.51. The molecular weight excluding hydrogens is 218 g/mol. The van der Waals surface area contributed by atoms with Gasteiger partial charge in [0.15, 0.2) is 0 Å². The van der Waals surface area contributed by atoms with Gasteiger partial charge in [-0.15, -0.1) is 11.8 Å². The number of rotatable bonds is 4. The Hall–Kier alpha value is -0.510. The fraction of sp³-hybridized carbons (Fsp3) is 0.538. The van der Waals surface area contributed by atoms with Gasteiger partial charge in [-0.2, -0.15) is 0 Å². The largest absolute Gasteiger partial charge is 0.377 e. The molecule has 16 heavy (non-hydrogen) atoms. The van der Waals surface area contributed by atoms with Crippen LogP contribution in [-0.2, 0) is 4.74 Å². The van der Waals surface area contributed by atoms with E-state index in [4.69, 9.17) is 10.5 Å². The van der Waals surface area contributed by atoms with Crippen molar-refractivity contribution < 1.29 is 4.74 Å². The first-order chi connectivity index (χ1) is 7.81. The van der Waals surface area contributed by atoms with E-state index in [9.17, 15) is 0 Å². The van der Waals surface area contributed by atoms with Gasteiger partial charge in [-0.25, -0.2) is 0 Å². The number of hydrogen-bond donors (Lipinski definition) is 1. The zero-order valence-electron chi connectivity index (χ0n) is 9.63. The zero-order valence-corrected chi connectivity index (χ0v) is 10.5. The summed E-state index contributed by atoms with van der Waals surface area (Å²) in [6, 6.07) is 10.5. The Balaban J connectivity index is 2.00. The van der Waals surface area contributed by atoms with Gasteiger partial charge >= 0.3 is 0 Å². The van der Waals surface area contributed by atoms with Crippen molar-refractivity contribution in [2.24, 2.45) is 5.73 Å². The molecule has 1 aromatic rings. The summed E-state index contributed by atoms with van der Waals surface area (Å²) in [5.74, 6) is 0. The maximum Gasteiger partial charge on any atom is 0.0666 e. The van der Waals surface area contributed by atoms with Crippen LogP contribution in [0.3, 0.4) is 0 Å². The minimum Gasteiger partial charge on any atom is -0.377 e. The number of thioether (sulfide) groups is 1. The first kappa shape index (κ1) is 12.0. The maximum absolute atomic E-state index is 5.87. The van der Waals surface area contributed by atoms with Gasteiger partial charge in [0.1, 0.15) is 0 Å². The van der Waals surface area contributed by atoms with Gasteiger partial charge in [-0.3, -0.25) is 0 Å². The third-order valence-electron chi connectivity index (χ3n) is 3.03. The third kappa shape index (κ3) is 2.78. The standard InChI is InChI=1S/C13H19NOS/c1-10-12(7-8-15-10)16-13(9-14)11-5-3-2-4-6-11/h2-6,10,12-13H,7-9,14H2,1H3. The number of nitrogens with two attached hydrogens (primary N) is 1. The van der Waals surface area contributed by atoms with Crippen molar-refractivity contribution >= 4 is 11.8 Å². The first-order valence-corrected chi connectivity index (χ1v) is 6.77. The average Bonchev–Trinajstić information content (AvgIpc) is 2.73. The van der Waals surface area contributed by atoms with Crippen molar-refractivity contribution in [3.63, 3.8) is 0 Å². The van der Waals surface area contributed by atoms with Crippen molar-refractivity contribution in [3.8, 4) is 0 Å². The molecule has 0 bridgehead atoms. The molecule has 0 aromatic heterocycles. The summed E-state index contributed by atoms with van der Waals surface area (Å²) in [6.45, 7) is 3.74. The molecule has 2 nitrogen and oxygen atoms in total. The van der Waals surface area contributed by atoms with Crippen LogP contribution in [-0.4, -0.2) is 24.5 Å². The summed E-state index contributed by atoms with van der Waals surface area (Å²) in [5.41, 5.74) is 7.19. The highest BCUT2D eigenvalue weighted by atomic mass is 32.2. The summed E-state index contributed by atoms with van der Waals surface area (Å²) in [4.78, 5) is 0. The predicted molar refractivity (Wildman–Crippen MR) is 69.6 cm³/mol. The summed E-state index contributed by atoms with van der Waals surface area (Å²) < 4.78 is 5.59. The second-order valence-electron chi connectivity index (χ2n) is 4.17. The van der Waals surface area contributed by atoms with Crippen molar-refractivity contribution in [2.75, 3.05) is 13.2 Å². The molecule has 3 atom stereocenters. The van der Waals surface area contributed by atoms with Gasteiger partial charge in [0, 0.05) is 23.7 Å². The van der Waals surface area contributed by atoms with E-state index in [1.807, 2.05) is 17.8 Å². The fourth-order valence-corrected chi connectivity index (χ4v) is 3.42. The molecule has 3 unspecified atom stereocenters. The van der Waals surface area contributed by atoms with Crippen LogP contribution >= 0.6 is 11.8 Å². The van der Waals surface area contributed by atoms with Crippen molar-refractivity contribution in [3.05, 3.63) is 35.9 Å². The molecule has 1 aliphatic heterocycles. The Bertz CT molecular complexity index is 317. The Morgan fingerprint density at radius 2 is 2.19 bits per heavy atom. The van der Waals surface area contributed by atoms with Gasteiger partial charge < -0.3 is 10.5 Å². The lowest BCUT2D eigenvalue weighted by Gasteiger charge is -2.21. The van der Waals surface area contributed by atoms with Crippen LogP contribution in [0.1, 0.15) is 24.2 Å². The van der Waals surface area contributed by atoms with Crippen LogP contribution in [0.25, 0.3) is 0 Å². The summed E-state index contributed by atoms with van der Waals surface area (Å²) in [5, 5.41) is 0.990. The van der Waals surface area contributed by atoms with Crippen molar-refractivity contribution in [2.45, 2.75) is 29.9 Å². The Kier molecular flexibility index (Phi) is 4.27. The van der Waals surface area contributed by atoms with Crippen LogP contribution in [0, 0.1) is 0 Å². The zero-order chi connectivity index (χ0) is 11.4. The molecule has 0 saturated carbocycles. The summed E-state index contributed by atoms with van der Waals surface area (Å²) >= 11 is 1.96. The van der Waals surface area contributed by atoms with E-state index in [0.717, 1.165) is 13.0 Å². The van der Waals surface area contributed by atoms with E-state index in [0.29, 0.717) is 23.1 Å². The molecule has 1 aliphatic rings. The van der Waals surface area contributed by atoms with Gasteiger partial charge in [-0.05, 0) is 18.9 Å². The highest BCUT2D eigenvalue weighted by molar-refractivity contribution is 8.00. The maximum atomic E-state index is 5.87. The molecule has 1 saturated heterocycles. The average molecular weight is 237 g/mol. The Morgan fingerprint density at radius 1 is 1.44 bits per heavy atom. The van der Waals surface area contributed by atoms with Gasteiger partial charge in [-0.1, -0.05) is 30.3 Å². The molecule has 1 aromatic carbocycles. The molecule has 0 amide bonds. The van der Waals surface area contributed by atoms with Crippen LogP contribution < -0.4 is 5.73 Å². The van der Waals surface area contributed by atoms with Crippen LogP contribution in [0.4, 0.5) is 0 Å². The quantitative estimate of drug-likeness (QED) is 0.874. The van der Waals surface area contributed by atoms with Crippen LogP contribution in [0.2, 0.25) is 0 Å². The van der Waals surface area contributed by atoms with Gasteiger partial charge in [0.05, 0.1) is 6.10 Å². The topological polar surface area (TPSA) is 35.2 Å². The molecule has 2 N–H and O–H groups in total. The third-order valence-corrected chi connectivity index (χ3v) is 4.79. The minimum absolute atomic E-state index is 0.364. The SMILES string of the molecule is CC1OCCC1SC(CN)c1ccccc1. The van der Waals surface area contributed by atoms with E-state index < -0.39 is 0 Å². The van der Waals surface area contributed by atoms with Gasteiger partial charge in [0.25, 0.3) is 0 Å². The van der Waals surface area contributed by atoms with Crippen LogP contribution in [0.15, 0.2) is 30.3 Å². The highest BCUT2D eigenvalue weighted by Gasteiger charge is 2.27. The lowest BCUT2D eigenvalue weighted by molar-refractivity contribution is 0.127. The number of benzene rings is 1. The Morgan fingerprint density at radius 3 is 2.75 bits per heavy atom. The lowest BCUT2D eigenvalue weighted by Crippen LogP contribution is -2.18. The number of hydrogen-bond acceptors (Lipinski definition) is 3. The van der Waals surface area contributed by atoms with Crippen molar-refractivity contribution in [1.29, 1.82) is 0 Å². The predicted octanol–water partition coefficient (Wildman–Crippen LogP) is 2.60. The van der Waals surface area contributed by atoms with Gasteiger partial charge in [0.2, 0.25) is 0 Å². The molecule has 2 rings (SSSR count). The summed E-state index contributed by atoms with van der Waals surface area (Å²) in [7, 11) is 0. The second kappa shape index (κ2) is 5.71. The van der Waals surface area contributed by atoms with E-state index in [1.165, 1.54) is 5.56 Å². The molecule has 0 radical (unpaired) electrons. The monoisotopic (exact) mass is 237 g/mol. The smallest absolute Gasteiger partial charge is 0.0666 e. The Labute approximate surface area is 102 Å². The molecule has 0 aliphatic carbocycles. The van der Waals surface area contributed by atoms with E-state index >= 15 is 0 Å². The lowest BCUT2D eigenvalue weighted by atomic mass is 10.1. The van der Waals surface area contributed by atoms with Crippen molar-refractivity contribution in [1.82, 2.24) is 0 Å². The molecule has 3 heteroatoms. The molecule has 0 spiro atoms. The minimum atomic E-state index is 0.364. The first-order valence-electron chi connectivity index (χ1n) is 5.83. The number of ether oxygens (including phenoxy) is 1. The molecule has 1 heterocycles. The normalized spacial score (nSPS) is 26.9. The molecule has 88 valence electrons. The van der Waals surface area contributed by atoms with Crippen LogP contribution in [0.5, 0.6) is 0 Å². The van der Waals surface area contributed by atoms with E-state index in [1.54, 1.807) is 0 Å².